The van der Waals surface area contributed by atoms with E-state index in [1.807, 2.05) is 18.2 Å². The summed E-state index contributed by atoms with van der Waals surface area (Å²) in [5, 5.41) is 1.81. The molecule has 2 aromatic carbocycles. The van der Waals surface area contributed by atoms with Crippen LogP contribution in [0.15, 0.2) is 30.3 Å². The smallest absolute Gasteiger partial charge is 0.0961 e. The van der Waals surface area contributed by atoms with Gasteiger partial charge in [0.2, 0.25) is 0 Å². The van der Waals surface area contributed by atoms with Gasteiger partial charge >= 0.3 is 0 Å². The number of benzene rings is 2. The molecule has 0 amide bonds. The van der Waals surface area contributed by atoms with E-state index in [2.05, 4.69) is 4.98 Å². The molecule has 0 unspecified atom stereocenters. The third kappa shape index (κ3) is 1.37. The molecule has 3 rings (SSSR count). The van der Waals surface area contributed by atoms with Gasteiger partial charge in [-0.05, 0) is 24.3 Å². The van der Waals surface area contributed by atoms with Crippen LogP contribution in [0.1, 0.15) is 0 Å². The summed E-state index contributed by atoms with van der Waals surface area (Å²) in [6, 6.07) is 9.13. The summed E-state index contributed by atoms with van der Waals surface area (Å²) in [5.41, 5.74) is 26.9. The molecule has 5 heteroatoms. The van der Waals surface area contributed by atoms with Crippen molar-refractivity contribution in [3.8, 4) is 0 Å². The molecule has 0 radical (unpaired) electrons. The standard InChI is InChI=1S/C13H13N5/c14-8-4-7-3-6-1-2-9(15)11(17)13(6)18-12(7)10(16)5-8/h1-5H,14-17H2. The van der Waals surface area contributed by atoms with E-state index >= 15 is 0 Å². The number of hydrogen-bond acceptors (Lipinski definition) is 5. The molecular formula is C13H13N5. The van der Waals surface area contributed by atoms with Crippen molar-refractivity contribution in [2.24, 2.45) is 0 Å². The maximum atomic E-state index is 5.94. The fourth-order valence-electron chi connectivity index (χ4n) is 2.10. The van der Waals surface area contributed by atoms with Crippen LogP contribution in [0.25, 0.3) is 21.8 Å². The summed E-state index contributed by atoms with van der Waals surface area (Å²) in [5.74, 6) is 0. The maximum Gasteiger partial charge on any atom is 0.0961 e. The highest BCUT2D eigenvalue weighted by atomic mass is 14.8. The molecule has 3 aromatic rings. The molecule has 0 atom stereocenters. The van der Waals surface area contributed by atoms with Gasteiger partial charge in [0.1, 0.15) is 0 Å². The van der Waals surface area contributed by atoms with Crippen molar-refractivity contribution in [1.29, 1.82) is 0 Å². The molecular weight excluding hydrogens is 226 g/mol. The van der Waals surface area contributed by atoms with E-state index in [4.69, 9.17) is 22.9 Å². The predicted octanol–water partition coefficient (Wildman–Crippen LogP) is 1.72. The molecule has 90 valence electrons. The van der Waals surface area contributed by atoms with Gasteiger partial charge in [-0.15, -0.1) is 0 Å². The number of nitrogens with two attached hydrogens (primary N) is 4. The van der Waals surface area contributed by atoms with Gasteiger partial charge in [0.05, 0.1) is 28.1 Å². The van der Waals surface area contributed by atoms with Gasteiger partial charge in [-0.1, -0.05) is 6.07 Å². The van der Waals surface area contributed by atoms with Crippen LogP contribution in [0.2, 0.25) is 0 Å². The van der Waals surface area contributed by atoms with Crippen molar-refractivity contribution in [1.82, 2.24) is 4.98 Å². The van der Waals surface area contributed by atoms with Crippen LogP contribution in [0.4, 0.5) is 22.7 Å². The Bertz CT molecular complexity index is 779. The monoisotopic (exact) mass is 239 g/mol. The zero-order valence-corrected chi connectivity index (χ0v) is 9.64. The van der Waals surface area contributed by atoms with E-state index in [-0.39, 0.29) is 0 Å². The number of pyridine rings is 1. The highest BCUT2D eigenvalue weighted by Gasteiger charge is 2.08. The number of rotatable bonds is 0. The van der Waals surface area contributed by atoms with Crippen LogP contribution in [0.5, 0.6) is 0 Å². The SMILES string of the molecule is Nc1cc(N)c2nc3c(N)c(N)ccc3cc2c1. The Labute approximate surface area is 103 Å². The van der Waals surface area contributed by atoms with Crippen molar-refractivity contribution in [3.63, 3.8) is 0 Å². The van der Waals surface area contributed by atoms with E-state index < -0.39 is 0 Å². The van der Waals surface area contributed by atoms with Crippen LogP contribution in [-0.2, 0) is 0 Å². The molecule has 0 aliphatic rings. The lowest BCUT2D eigenvalue weighted by molar-refractivity contribution is 1.49. The van der Waals surface area contributed by atoms with E-state index in [1.165, 1.54) is 0 Å². The topological polar surface area (TPSA) is 117 Å². The Morgan fingerprint density at radius 2 is 1.50 bits per heavy atom. The summed E-state index contributed by atoms with van der Waals surface area (Å²) >= 11 is 0. The third-order valence-electron chi connectivity index (χ3n) is 3.01. The van der Waals surface area contributed by atoms with Crippen LogP contribution in [0.3, 0.4) is 0 Å². The zero-order valence-electron chi connectivity index (χ0n) is 9.64. The van der Waals surface area contributed by atoms with Gasteiger partial charge in [0.25, 0.3) is 0 Å². The van der Waals surface area contributed by atoms with Crippen LogP contribution in [0, 0.1) is 0 Å². The summed E-state index contributed by atoms with van der Waals surface area (Å²) in [6.07, 6.45) is 0. The second-order valence-corrected chi connectivity index (χ2v) is 4.31. The van der Waals surface area contributed by atoms with Crippen molar-refractivity contribution < 1.29 is 0 Å². The Hall–Kier alpha value is -2.69. The van der Waals surface area contributed by atoms with Crippen molar-refractivity contribution in [3.05, 3.63) is 30.3 Å². The van der Waals surface area contributed by atoms with Crippen LogP contribution >= 0.6 is 0 Å². The first-order valence-corrected chi connectivity index (χ1v) is 5.49. The second kappa shape index (κ2) is 3.40. The molecule has 18 heavy (non-hydrogen) atoms. The van der Waals surface area contributed by atoms with Gasteiger partial charge in [-0.25, -0.2) is 4.98 Å². The summed E-state index contributed by atoms with van der Waals surface area (Å²) < 4.78 is 0. The Morgan fingerprint density at radius 1 is 0.722 bits per heavy atom. The van der Waals surface area contributed by atoms with Gasteiger partial charge in [-0.2, -0.15) is 0 Å². The molecule has 5 nitrogen and oxygen atoms in total. The maximum absolute atomic E-state index is 5.94. The summed E-state index contributed by atoms with van der Waals surface area (Å²) in [4.78, 5) is 4.49. The van der Waals surface area contributed by atoms with Crippen molar-refractivity contribution in [2.45, 2.75) is 0 Å². The van der Waals surface area contributed by atoms with E-state index in [1.54, 1.807) is 12.1 Å². The fraction of sp³-hybridized carbons (Fsp3) is 0. The first-order valence-electron chi connectivity index (χ1n) is 5.49. The third-order valence-corrected chi connectivity index (χ3v) is 3.01. The van der Waals surface area contributed by atoms with Crippen LogP contribution in [-0.4, -0.2) is 4.98 Å². The molecule has 0 saturated carbocycles. The zero-order chi connectivity index (χ0) is 12.9. The molecule has 0 spiro atoms. The van der Waals surface area contributed by atoms with Gasteiger partial charge < -0.3 is 22.9 Å². The number of aromatic nitrogens is 1. The second-order valence-electron chi connectivity index (χ2n) is 4.31. The summed E-state index contributed by atoms with van der Waals surface area (Å²) in [6.45, 7) is 0. The molecule has 0 aliphatic heterocycles. The molecule has 8 N–H and O–H groups in total. The van der Waals surface area contributed by atoms with Crippen molar-refractivity contribution in [2.75, 3.05) is 22.9 Å². The Morgan fingerprint density at radius 3 is 2.28 bits per heavy atom. The lowest BCUT2D eigenvalue weighted by Crippen LogP contribution is -1.99. The van der Waals surface area contributed by atoms with Crippen LogP contribution < -0.4 is 22.9 Å². The molecule has 0 fully saturated rings. The largest absolute Gasteiger partial charge is 0.399 e. The minimum absolute atomic E-state index is 0.477. The number of fused-ring (bicyclic) bond motifs is 2. The molecule has 0 bridgehead atoms. The first-order chi connectivity index (χ1) is 8.56. The van der Waals surface area contributed by atoms with E-state index in [9.17, 15) is 0 Å². The normalized spacial score (nSPS) is 11.1. The number of anilines is 4. The fourth-order valence-corrected chi connectivity index (χ4v) is 2.10. The minimum atomic E-state index is 0.477. The average Bonchev–Trinajstić information content (AvgIpc) is 2.32. The molecule has 0 aliphatic carbocycles. The molecule has 1 aromatic heterocycles. The Balaban J connectivity index is 2.51. The molecule has 1 heterocycles. The van der Waals surface area contributed by atoms with Gasteiger partial charge in [-0.3, -0.25) is 0 Å². The number of hydrogen-bond donors (Lipinski definition) is 4. The highest BCUT2D eigenvalue weighted by Crippen LogP contribution is 2.31. The van der Waals surface area contributed by atoms with Gasteiger partial charge in [0, 0.05) is 16.5 Å². The van der Waals surface area contributed by atoms with E-state index in [0.717, 1.165) is 10.8 Å². The Kier molecular flexibility index (Phi) is 1.98. The lowest BCUT2D eigenvalue weighted by Gasteiger charge is -2.08. The quantitative estimate of drug-likeness (QED) is 0.352. The number of nitrogens with zero attached hydrogens (tertiary/aromatic N) is 1. The number of nitrogen functional groups attached to an aromatic ring is 4. The summed E-state index contributed by atoms with van der Waals surface area (Å²) in [7, 11) is 0. The lowest BCUT2D eigenvalue weighted by atomic mass is 10.1. The van der Waals surface area contributed by atoms with E-state index in [0.29, 0.717) is 33.8 Å². The minimum Gasteiger partial charge on any atom is -0.399 e. The average molecular weight is 239 g/mol. The highest BCUT2D eigenvalue weighted by molar-refractivity contribution is 6.04. The molecule has 0 saturated heterocycles. The first kappa shape index (κ1) is 10.5. The van der Waals surface area contributed by atoms with Crippen molar-refractivity contribution >= 4 is 44.6 Å². The predicted molar refractivity (Wildman–Crippen MR) is 76.9 cm³/mol. The van der Waals surface area contributed by atoms with Gasteiger partial charge in [0.15, 0.2) is 0 Å².